The Kier molecular flexibility index (Phi) is 2.35. The van der Waals surface area contributed by atoms with Gasteiger partial charge in [0.05, 0.1) is 12.2 Å². The average molecular weight is 191 g/mol. The molecule has 2 rings (SSSR count). The maximum atomic E-state index is 10.9. The van der Waals surface area contributed by atoms with Crippen molar-refractivity contribution in [2.45, 2.75) is 25.8 Å². The second kappa shape index (κ2) is 3.65. The SMILES string of the molecule is C=CC(=O)NCc1n[nH]c2c1CCC2. The van der Waals surface area contributed by atoms with Gasteiger partial charge in [0.25, 0.3) is 0 Å². The van der Waals surface area contributed by atoms with E-state index in [1.54, 1.807) is 0 Å². The van der Waals surface area contributed by atoms with Crippen molar-refractivity contribution in [2.75, 3.05) is 0 Å². The molecule has 1 aromatic rings. The first-order valence-electron chi connectivity index (χ1n) is 4.76. The summed E-state index contributed by atoms with van der Waals surface area (Å²) in [5.41, 5.74) is 3.48. The Morgan fingerprint density at radius 2 is 2.50 bits per heavy atom. The average Bonchev–Trinajstić information content (AvgIpc) is 2.76. The summed E-state index contributed by atoms with van der Waals surface area (Å²) in [4.78, 5) is 10.9. The number of aryl methyl sites for hydroxylation is 1. The highest BCUT2D eigenvalue weighted by Crippen LogP contribution is 2.22. The molecule has 74 valence electrons. The standard InChI is InChI=1S/C10H13N3O/c1-2-10(14)11-6-9-7-4-3-5-8(7)12-13-9/h2H,1,3-6H2,(H,11,14)(H,12,13). The summed E-state index contributed by atoms with van der Waals surface area (Å²) in [5.74, 6) is -0.153. The van der Waals surface area contributed by atoms with Crippen molar-refractivity contribution in [3.8, 4) is 0 Å². The monoisotopic (exact) mass is 191 g/mol. The van der Waals surface area contributed by atoms with E-state index in [-0.39, 0.29) is 5.91 Å². The van der Waals surface area contributed by atoms with Crippen molar-refractivity contribution in [3.63, 3.8) is 0 Å². The molecule has 1 aromatic heterocycles. The van der Waals surface area contributed by atoms with Gasteiger partial charge in [-0.25, -0.2) is 0 Å². The Balaban J connectivity index is 2.03. The molecule has 0 radical (unpaired) electrons. The quantitative estimate of drug-likeness (QED) is 0.691. The summed E-state index contributed by atoms with van der Waals surface area (Å²) in [6.07, 6.45) is 4.61. The first-order chi connectivity index (χ1) is 6.81. The third-order valence-electron chi connectivity index (χ3n) is 2.51. The number of carbonyl (C=O) groups excluding carboxylic acids is 1. The zero-order valence-electron chi connectivity index (χ0n) is 7.97. The molecule has 0 aliphatic heterocycles. The molecule has 0 aromatic carbocycles. The highest BCUT2D eigenvalue weighted by Gasteiger charge is 2.17. The van der Waals surface area contributed by atoms with Crippen LogP contribution in [0.25, 0.3) is 0 Å². The van der Waals surface area contributed by atoms with Gasteiger partial charge in [0.2, 0.25) is 5.91 Å². The molecule has 1 aliphatic rings. The van der Waals surface area contributed by atoms with Gasteiger partial charge < -0.3 is 5.32 Å². The number of amides is 1. The van der Waals surface area contributed by atoms with E-state index in [1.165, 1.54) is 23.8 Å². The summed E-state index contributed by atoms with van der Waals surface area (Å²) in [5, 5.41) is 9.90. The number of hydrogen-bond donors (Lipinski definition) is 2. The molecule has 0 bridgehead atoms. The molecule has 1 aliphatic carbocycles. The van der Waals surface area contributed by atoms with Crippen LogP contribution in [0.5, 0.6) is 0 Å². The van der Waals surface area contributed by atoms with Gasteiger partial charge in [-0.1, -0.05) is 6.58 Å². The maximum absolute atomic E-state index is 10.9. The molecule has 0 fully saturated rings. The lowest BCUT2D eigenvalue weighted by Gasteiger charge is -2.00. The molecule has 0 unspecified atom stereocenters. The van der Waals surface area contributed by atoms with Gasteiger partial charge in [0.15, 0.2) is 0 Å². The number of rotatable bonds is 3. The summed E-state index contributed by atoms with van der Waals surface area (Å²) >= 11 is 0. The van der Waals surface area contributed by atoms with Gasteiger partial charge in [0, 0.05) is 5.69 Å². The van der Waals surface area contributed by atoms with Crippen LogP contribution in [0.1, 0.15) is 23.4 Å². The number of nitrogens with zero attached hydrogens (tertiary/aromatic N) is 1. The van der Waals surface area contributed by atoms with Gasteiger partial charge in [-0.05, 0) is 30.9 Å². The first kappa shape index (κ1) is 8.99. The molecule has 4 heteroatoms. The molecule has 0 spiro atoms. The maximum Gasteiger partial charge on any atom is 0.243 e. The number of hydrogen-bond acceptors (Lipinski definition) is 2. The molecular formula is C10H13N3O. The third kappa shape index (κ3) is 1.55. The number of aromatic nitrogens is 2. The minimum Gasteiger partial charge on any atom is -0.347 e. The highest BCUT2D eigenvalue weighted by atomic mass is 16.1. The van der Waals surface area contributed by atoms with Crippen LogP contribution in [0.2, 0.25) is 0 Å². The molecule has 0 saturated heterocycles. The smallest absolute Gasteiger partial charge is 0.243 e. The number of carbonyl (C=O) groups is 1. The summed E-state index contributed by atoms with van der Waals surface area (Å²) < 4.78 is 0. The van der Waals surface area contributed by atoms with Crippen LogP contribution in [0.15, 0.2) is 12.7 Å². The van der Waals surface area contributed by atoms with E-state index in [1.807, 2.05) is 0 Å². The van der Waals surface area contributed by atoms with E-state index >= 15 is 0 Å². The summed E-state index contributed by atoms with van der Waals surface area (Å²) in [7, 11) is 0. The van der Waals surface area contributed by atoms with E-state index in [4.69, 9.17) is 0 Å². The van der Waals surface area contributed by atoms with Crippen molar-refractivity contribution in [1.29, 1.82) is 0 Å². The van der Waals surface area contributed by atoms with Crippen LogP contribution >= 0.6 is 0 Å². The van der Waals surface area contributed by atoms with Crippen LogP contribution in [-0.4, -0.2) is 16.1 Å². The fourth-order valence-corrected chi connectivity index (χ4v) is 1.78. The molecule has 1 heterocycles. The molecule has 14 heavy (non-hydrogen) atoms. The lowest BCUT2D eigenvalue weighted by Crippen LogP contribution is -2.20. The van der Waals surface area contributed by atoms with Crippen LogP contribution < -0.4 is 5.32 Å². The lowest BCUT2D eigenvalue weighted by molar-refractivity contribution is -0.116. The van der Waals surface area contributed by atoms with E-state index < -0.39 is 0 Å². The van der Waals surface area contributed by atoms with Gasteiger partial charge in [0.1, 0.15) is 0 Å². The topological polar surface area (TPSA) is 57.8 Å². The molecule has 1 amide bonds. The minimum atomic E-state index is -0.153. The third-order valence-corrected chi connectivity index (χ3v) is 2.51. The number of H-pyrrole nitrogens is 1. The zero-order chi connectivity index (χ0) is 9.97. The Hall–Kier alpha value is -1.58. The highest BCUT2D eigenvalue weighted by molar-refractivity contribution is 5.86. The second-order valence-electron chi connectivity index (χ2n) is 3.40. The summed E-state index contributed by atoms with van der Waals surface area (Å²) in [6.45, 7) is 3.89. The first-order valence-corrected chi connectivity index (χ1v) is 4.76. The molecular weight excluding hydrogens is 178 g/mol. The number of fused-ring (bicyclic) bond motifs is 1. The zero-order valence-corrected chi connectivity index (χ0v) is 7.97. The van der Waals surface area contributed by atoms with Crippen molar-refractivity contribution in [3.05, 3.63) is 29.6 Å². The van der Waals surface area contributed by atoms with Gasteiger partial charge in [-0.15, -0.1) is 0 Å². The van der Waals surface area contributed by atoms with Crippen molar-refractivity contribution in [2.24, 2.45) is 0 Å². The van der Waals surface area contributed by atoms with Crippen LogP contribution in [-0.2, 0) is 24.2 Å². The van der Waals surface area contributed by atoms with Crippen molar-refractivity contribution in [1.82, 2.24) is 15.5 Å². The molecule has 4 nitrogen and oxygen atoms in total. The predicted octanol–water partition coefficient (Wildman–Crippen LogP) is 0.701. The fourth-order valence-electron chi connectivity index (χ4n) is 1.78. The van der Waals surface area contributed by atoms with Crippen LogP contribution in [0.3, 0.4) is 0 Å². The lowest BCUT2D eigenvalue weighted by atomic mass is 10.2. The van der Waals surface area contributed by atoms with Crippen LogP contribution in [0.4, 0.5) is 0 Å². The van der Waals surface area contributed by atoms with Crippen LogP contribution in [0, 0.1) is 0 Å². The molecule has 0 saturated carbocycles. The summed E-state index contributed by atoms with van der Waals surface area (Å²) in [6, 6.07) is 0. The van der Waals surface area contributed by atoms with Crippen molar-refractivity contribution >= 4 is 5.91 Å². The number of aromatic amines is 1. The fraction of sp³-hybridized carbons (Fsp3) is 0.400. The van der Waals surface area contributed by atoms with E-state index in [2.05, 4.69) is 22.1 Å². The van der Waals surface area contributed by atoms with Crippen molar-refractivity contribution < 1.29 is 4.79 Å². The van der Waals surface area contributed by atoms with E-state index in [0.29, 0.717) is 6.54 Å². The Labute approximate surface area is 82.4 Å². The number of nitrogens with one attached hydrogen (secondary N) is 2. The van der Waals surface area contributed by atoms with E-state index in [0.717, 1.165) is 18.5 Å². The largest absolute Gasteiger partial charge is 0.347 e. The molecule has 0 atom stereocenters. The Morgan fingerprint density at radius 3 is 3.29 bits per heavy atom. The predicted molar refractivity (Wildman–Crippen MR) is 52.7 cm³/mol. The minimum absolute atomic E-state index is 0.153. The Morgan fingerprint density at radius 1 is 1.64 bits per heavy atom. The Bertz CT molecular complexity index is 367. The van der Waals surface area contributed by atoms with Gasteiger partial charge >= 0.3 is 0 Å². The second-order valence-corrected chi connectivity index (χ2v) is 3.40. The molecule has 2 N–H and O–H groups in total. The van der Waals surface area contributed by atoms with E-state index in [9.17, 15) is 4.79 Å². The van der Waals surface area contributed by atoms with Gasteiger partial charge in [-0.2, -0.15) is 5.10 Å². The van der Waals surface area contributed by atoms with Gasteiger partial charge in [-0.3, -0.25) is 9.89 Å². The normalized spacial score (nSPS) is 13.7.